The predicted molar refractivity (Wildman–Crippen MR) is 145 cm³/mol. The maximum Gasteiger partial charge on any atom is 0.161 e. The number of rotatable bonds is 3. The number of phenolic OH excluding ortho intramolecular Hbond substituents is 1. The average molecular weight is 490 g/mol. The summed E-state index contributed by atoms with van der Waals surface area (Å²) in [5.41, 5.74) is 8.35. The van der Waals surface area contributed by atoms with Crippen LogP contribution in [-0.4, -0.2) is 46.7 Å². The van der Waals surface area contributed by atoms with Crippen molar-refractivity contribution in [2.45, 2.75) is 37.1 Å². The molecule has 4 aromatic rings. The van der Waals surface area contributed by atoms with E-state index in [-0.39, 0.29) is 5.41 Å². The highest BCUT2D eigenvalue weighted by atomic mass is 16.5. The Morgan fingerprint density at radius 1 is 0.865 bits per heavy atom. The van der Waals surface area contributed by atoms with Crippen molar-refractivity contribution in [1.29, 1.82) is 0 Å². The highest BCUT2D eigenvalue weighted by Crippen LogP contribution is 2.57. The molecule has 2 heterocycles. The number of aromatic nitrogens is 2. The molecule has 2 bridgehead atoms. The molecule has 3 unspecified atom stereocenters. The van der Waals surface area contributed by atoms with E-state index in [9.17, 15) is 5.11 Å². The maximum absolute atomic E-state index is 11.4. The number of likely N-dealkylation sites (tertiary alicyclic amines) is 1. The Bertz CT molecular complexity index is 1490. The Labute approximate surface area is 217 Å². The Hall–Kier alpha value is -3.70. The van der Waals surface area contributed by atoms with E-state index in [1.807, 2.05) is 18.2 Å². The lowest BCUT2D eigenvalue weighted by molar-refractivity contribution is 0.0210. The summed E-state index contributed by atoms with van der Waals surface area (Å²) in [4.78, 5) is 13.2. The number of piperidine rings is 1. The van der Waals surface area contributed by atoms with Gasteiger partial charge in [-0.1, -0.05) is 66.7 Å². The van der Waals surface area contributed by atoms with E-state index in [2.05, 4.69) is 66.5 Å². The number of fused-ring (bicyclic) bond motifs is 2. The zero-order valence-corrected chi connectivity index (χ0v) is 21.3. The molecule has 5 heteroatoms. The van der Waals surface area contributed by atoms with E-state index < -0.39 is 0 Å². The van der Waals surface area contributed by atoms with Gasteiger partial charge in [0.1, 0.15) is 0 Å². The van der Waals surface area contributed by atoms with Crippen LogP contribution in [0, 0.1) is 5.92 Å². The second kappa shape index (κ2) is 8.42. The molecule has 1 saturated heterocycles. The van der Waals surface area contributed by atoms with Gasteiger partial charge in [-0.3, -0.25) is 0 Å². The molecule has 37 heavy (non-hydrogen) atoms. The van der Waals surface area contributed by atoms with Crippen LogP contribution in [0.25, 0.3) is 22.5 Å². The standard InChI is InChI=1S/C32H31N3O2/c1-35-16-15-32-19-25-24(18-23(32)26(35)17-22-13-14-27(37-2)31(36)28(22)32)33-29(20-9-5-3-6-10-20)30(34-25)21-11-7-4-8-12-21/h3-14,23,26,36H,15-19H2,1-2H3. The summed E-state index contributed by atoms with van der Waals surface area (Å²) in [5.74, 6) is 1.24. The Kier molecular flexibility index (Phi) is 5.12. The van der Waals surface area contributed by atoms with Crippen LogP contribution in [0.2, 0.25) is 0 Å². The van der Waals surface area contributed by atoms with Gasteiger partial charge < -0.3 is 14.7 Å². The summed E-state index contributed by atoms with van der Waals surface area (Å²) in [6.45, 7) is 1.01. The second-order valence-electron chi connectivity index (χ2n) is 10.8. The summed E-state index contributed by atoms with van der Waals surface area (Å²) in [7, 11) is 3.88. The lowest BCUT2D eigenvalue weighted by Gasteiger charge is -2.58. The molecule has 3 atom stereocenters. The van der Waals surface area contributed by atoms with Gasteiger partial charge in [-0.2, -0.15) is 0 Å². The number of ether oxygens (including phenoxy) is 1. The molecular formula is C32H31N3O2. The molecule has 1 aliphatic heterocycles. The van der Waals surface area contributed by atoms with Gasteiger partial charge in [0.25, 0.3) is 0 Å². The molecule has 5 nitrogen and oxygen atoms in total. The van der Waals surface area contributed by atoms with Gasteiger partial charge in [-0.25, -0.2) is 9.97 Å². The van der Waals surface area contributed by atoms with E-state index in [1.165, 1.54) is 5.56 Å². The summed E-state index contributed by atoms with van der Waals surface area (Å²) in [6.07, 6.45) is 3.57. The molecule has 7 rings (SSSR count). The van der Waals surface area contributed by atoms with Gasteiger partial charge in [0.2, 0.25) is 0 Å². The maximum atomic E-state index is 11.4. The quantitative estimate of drug-likeness (QED) is 0.415. The molecular weight excluding hydrogens is 458 g/mol. The number of phenols is 1. The molecule has 1 N–H and O–H groups in total. The van der Waals surface area contributed by atoms with Crippen molar-refractivity contribution >= 4 is 0 Å². The molecule has 0 spiro atoms. The van der Waals surface area contributed by atoms with Crippen LogP contribution >= 0.6 is 0 Å². The number of aromatic hydroxyl groups is 1. The van der Waals surface area contributed by atoms with Gasteiger partial charge in [0, 0.05) is 34.6 Å². The lowest BCUT2D eigenvalue weighted by atomic mass is 9.52. The van der Waals surface area contributed by atoms with E-state index in [4.69, 9.17) is 14.7 Å². The van der Waals surface area contributed by atoms with E-state index in [0.717, 1.165) is 71.7 Å². The smallest absolute Gasteiger partial charge is 0.161 e. The SMILES string of the molecule is COc1ccc2c(c1O)C13CCN(C)C(C2)C1Cc1nc(-c2ccccc2)c(-c2ccccc2)nc1C3. The van der Waals surface area contributed by atoms with Crippen molar-refractivity contribution in [3.8, 4) is 34.0 Å². The first-order chi connectivity index (χ1) is 18.1. The number of benzene rings is 3. The topological polar surface area (TPSA) is 58.5 Å². The first-order valence-corrected chi connectivity index (χ1v) is 13.2. The lowest BCUT2D eigenvalue weighted by Crippen LogP contribution is -2.61. The fraction of sp³-hybridized carbons (Fsp3) is 0.312. The molecule has 0 radical (unpaired) electrons. The number of methoxy groups -OCH3 is 1. The number of hydrogen-bond acceptors (Lipinski definition) is 5. The number of nitrogens with zero attached hydrogens (tertiary/aromatic N) is 3. The highest BCUT2D eigenvalue weighted by Gasteiger charge is 2.56. The van der Waals surface area contributed by atoms with E-state index >= 15 is 0 Å². The Morgan fingerprint density at radius 2 is 1.51 bits per heavy atom. The van der Waals surface area contributed by atoms with Crippen LogP contribution in [-0.2, 0) is 24.7 Å². The number of hydrogen-bond donors (Lipinski definition) is 1. The molecule has 0 amide bonds. The molecule has 3 aliphatic rings. The zero-order valence-electron chi connectivity index (χ0n) is 21.3. The molecule has 0 saturated carbocycles. The molecule has 2 aliphatic carbocycles. The first-order valence-electron chi connectivity index (χ1n) is 13.2. The molecule has 1 aromatic heterocycles. The van der Waals surface area contributed by atoms with Crippen LogP contribution in [0.3, 0.4) is 0 Å². The van der Waals surface area contributed by atoms with E-state index in [1.54, 1.807) is 7.11 Å². The summed E-state index contributed by atoms with van der Waals surface area (Å²) in [6, 6.07) is 25.3. The van der Waals surface area contributed by atoms with Crippen molar-refractivity contribution < 1.29 is 9.84 Å². The normalized spacial score (nSPS) is 24.1. The fourth-order valence-electron chi connectivity index (χ4n) is 7.29. The van der Waals surface area contributed by atoms with Crippen LogP contribution in [0.4, 0.5) is 0 Å². The van der Waals surface area contributed by atoms with Gasteiger partial charge in [0.15, 0.2) is 11.5 Å². The molecule has 1 fully saturated rings. The third-order valence-electron chi connectivity index (χ3n) is 9.07. The average Bonchev–Trinajstić information content (AvgIpc) is 2.94. The van der Waals surface area contributed by atoms with Gasteiger partial charge in [-0.05, 0) is 50.4 Å². The van der Waals surface area contributed by atoms with Crippen LogP contribution in [0.5, 0.6) is 11.5 Å². The third-order valence-corrected chi connectivity index (χ3v) is 9.07. The fourth-order valence-corrected chi connectivity index (χ4v) is 7.29. The van der Waals surface area contributed by atoms with Gasteiger partial charge in [-0.15, -0.1) is 0 Å². The van der Waals surface area contributed by atoms with Gasteiger partial charge in [0.05, 0.1) is 29.9 Å². The minimum absolute atomic E-state index is 0.173. The molecule has 186 valence electrons. The van der Waals surface area contributed by atoms with Crippen molar-refractivity contribution in [2.75, 3.05) is 20.7 Å². The highest BCUT2D eigenvalue weighted by molar-refractivity contribution is 5.78. The Morgan fingerprint density at radius 3 is 2.16 bits per heavy atom. The zero-order chi connectivity index (χ0) is 25.1. The minimum atomic E-state index is -0.173. The van der Waals surface area contributed by atoms with Crippen molar-refractivity contribution in [3.63, 3.8) is 0 Å². The van der Waals surface area contributed by atoms with Crippen LogP contribution in [0.1, 0.15) is 28.9 Å². The molecule has 3 aromatic carbocycles. The third kappa shape index (κ3) is 3.33. The Balaban J connectivity index is 1.45. The summed E-state index contributed by atoms with van der Waals surface area (Å²) >= 11 is 0. The van der Waals surface area contributed by atoms with E-state index in [0.29, 0.717) is 23.5 Å². The monoisotopic (exact) mass is 489 g/mol. The van der Waals surface area contributed by atoms with Crippen molar-refractivity contribution in [2.24, 2.45) is 5.92 Å². The van der Waals surface area contributed by atoms with Crippen molar-refractivity contribution in [3.05, 3.63) is 95.3 Å². The van der Waals surface area contributed by atoms with Crippen LogP contribution < -0.4 is 4.74 Å². The summed E-state index contributed by atoms with van der Waals surface area (Å²) < 4.78 is 5.57. The largest absolute Gasteiger partial charge is 0.504 e. The first kappa shape index (κ1) is 22.5. The predicted octanol–water partition coefficient (Wildman–Crippen LogP) is 5.44. The van der Waals surface area contributed by atoms with Gasteiger partial charge >= 0.3 is 0 Å². The minimum Gasteiger partial charge on any atom is -0.504 e. The summed E-state index contributed by atoms with van der Waals surface area (Å²) in [5, 5.41) is 11.4. The second-order valence-corrected chi connectivity index (χ2v) is 10.8. The number of likely N-dealkylation sites (N-methyl/N-ethyl adjacent to an activating group) is 1. The van der Waals surface area contributed by atoms with Crippen LogP contribution in [0.15, 0.2) is 72.8 Å². The van der Waals surface area contributed by atoms with Crippen molar-refractivity contribution in [1.82, 2.24) is 14.9 Å².